The Morgan fingerprint density at radius 2 is 1.87 bits per heavy atom. The first-order valence-corrected chi connectivity index (χ1v) is 10.9. The van der Waals surface area contributed by atoms with Crippen LogP contribution in [0.3, 0.4) is 0 Å². The summed E-state index contributed by atoms with van der Waals surface area (Å²) in [5.41, 5.74) is 2.35. The van der Waals surface area contributed by atoms with E-state index in [0.717, 1.165) is 36.1 Å². The van der Waals surface area contributed by atoms with E-state index in [1.54, 1.807) is 29.1 Å². The number of imidazole rings is 1. The Balaban J connectivity index is 1.22. The van der Waals surface area contributed by atoms with Crippen LogP contribution in [0.5, 0.6) is 5.75 Å². The van der Waals surface area contributed by atoms with Crippen molar-refractivity contribution >= 4 is 17.9 Å². The first-order chi connectivity index (χ1) is 14.7. The molecule has 0 bridgehead atoms. The molecule has 0 unspecified atom stereocenters. The molecule has 156 valence electrons. The maximum absolute atomic E-state index is 12.5. The van der Waals surface area contributed by atoms with E-state index in [0.29, 0.717) is 18.8 Å². The highest BCUT2D eigenvalue weighted by Gasteiger charge is 2.22. The van der Waals surface area contributed by atoms with Crippen LogP contribution in [0.2, 0.25) is 0 Å². The number of hydrogen-bond acceptors (Lipinski definition) is 6. The molecule has 0 spiro atoms. The van der Waals surface area contributed by atoms with Gasteiger partial charge in [-0.05, 0) is 29.3 Å². The second kappa shape index (κ2) is 9.77. The number of amides is 1. The lowest BCUT2D eigenvalue weighted by Gasteiger charge is -2.33. The van der Waals surface area contributed by atoms with E-state index in [2.05, 4.69) is 20.9 Å². The molecule has 1 amide bonds. The number of ether oxygens (including phenoxy) is 1. The Kier molecular flexibility index (Phi) is 6.66. The van der Waals surface area contributed by atoms with Crippen LogP contribution < -0.4 is 4.74 Å². The predicted molar refractivity (Wildman–Crippen MR) is 116 cm³/mol. The van der Waals surface area contributed by atoms with Crippen molar-refractivity contribution in [3.8, 4) is 5.75 Å². The van der Waals surface area contributed by atoms with Gasteiger partial charge in [-0.3, -0.25) is 9.88 Å². The molecule has 7 nitrogen and oxygen atoms in total. The Morgan fingerprint density at radius 3 is 2.53 bits per heavy atom. The fraction of sp³-hybridized carbons (Fsp3) is 0.318. The number of carbonyl (C=O) groups excluding carboxylic acids is 1. The van der Waals surface area contributed by atoms with Crippen molar-refractivity contribution in [2.75, 3.05) is 26.2 Å². The van der Waals surface area contributed by atoms with Crippen LogP contribution in [0.4, 0.5) is 4.79 Å². The first-order valence-electron chi connectivity index (χ1n) is 9.94. The lowest BCUT2D eigenvalue weighted by molar-refractivity contribution is 0.108. The van der Waals surface area contributed by atoms with Crippen LogP contribution >= 0.6 is 11.8 Å². The van der Waals surface area contributed by atoms with Gasteiger partial charge in [0.05, 0.1) is 0 Å². The van der Waals surface area contributed by atoms with Crippen molar-refractivity contribution < 1.29 is 9.53 Å². The third-order valence-electron chi connectivity index (χ3n) is 5.03. The number of hydrogen-bond donors (Lipinski definition) is 0. The van der Waals surface area contributed by atoms with Crippen LogP contribution in [0.15, 0.2) is 66.3 Å². The summed E-state index contributed by atoms with van der Waals surface area (Å²) in [4.78, 5) is 25.1. The summed E-state index contributed by atoms with van der Waals surface area (Å²) in [5, 5.41) is 0.980. The van der Waals surface area contributed by atoms with Crippen molar-refractivity contribution in [2.24, 2.45) is 7.05 Å². The summed E-state index contributed by atoms with van der Waals surface area (Å²) in [6.07, 6.45) is 7.11. The van der Waals surface area contributed by atoms with Gasteiger partial charge >= 0.3 is 6.09 Å². The molecule has 1 saturated heterocycles. The number of benzene rings is 1. The van der Waals surface area contributed by atoms with Crippen LogP contribution in [0.1, 0.15) is 11.1 Å². The van der Waals surface area contributed by atoms with Crippen molar-refractivity contribution in [1.29, 1.82) is 0 Å². The molecule has 0 atom stereocenters. The first kappa shape index (κ1) is 20.4. The summed E-state index contributed by atoms with van der Waals surface area (Å²) in [6.45, 7) is 3.84. The summed E-state index contributed by atoms with van der Waals surface area (Å²) < 4.78 is 7.56. The summed E-state index contributed by atoms with van der Waals surface area (Å²) >= 11 is 1.68. The highest BCUT2D eigenvalue weighted by atomic mass is 32.2. The van der Waals surface area contributed by atoms with Crippen molar-refractivity contribution in [1.82, 2.24) is 24.3 Å². The number of nitrogens with zero attached hydrogens (tertiary/aromatic N) is 5. The molecule has 30 heavy (non-hydrogen) atoms. The SMILES string of the molecule is Cn1ccnc1SCc1ccc(OC(=O)N2CCN(Cc3cccnc3)CC2)cc1. The molecule has 0 radical (unpaired) electrons. The van der Waals surface area contributed by atoms with Crippen LogP contribution in [-0.4, -0.2) is 56.6 Å². The molecule has 3 heterocycles. The third-order valence-corrected chi connectivity index (χ3v) is 6.16. The molecule has 1 fully saturated rings. The van der Waals surface area contributed by atoms with E-state index < -0.39 is 0 Å². The van der Waals surface area contributed by atoms with E-state index in [1.807, 2.05) is 54.3 Å². The third kappa shape index (κ3) is 5.40. The molecular formula is C22H25N5O2S. The Hall–Kier alpha value is -2.84. The minimum absolute atomic E-state index is 0.286. The standard InChI is InChI=1S/C22H25N5O2S/c1-25-10-9-24-21(25)30-17-18-4-6-20(7-5-18)29-22(28)27-13-11-26(12-14-27)16-19-3-2-8-23-15-19/h2-10,15H,11-14,16-17H2,1H3. The number of thioether (sulfide) groups is 1. The molecule has 4 rings (SSSR count). The normalized spacial score (nSPS) is 14.6. The minimum atomic E-state index is -0.286. The van der Waals surface area contributed by atoms with Crippen LogP contribution in [0.25, 0.3) is 0 Å². The Bertz CT molecular complexity index is 953. The molecular weight excluding hydrogens is 398 g/mol. The van der Waals surface area contributed by atoms with Crippen LogP contribution in [0, 0.1) is 0 Å². The van der Waals surface area contributed by atoms with Gasteiger partial charge in [0, 0.05) is 70.3 Å². The molecule has 1 aliphatic rings. The zero-order chi connectivity index (χ0) is 20.8. The van der Waals surface area contributed by atoms with Gasteiger partial charge in [0.2, 0.25) is 0 Å². The van der Waals surface area contributed by atoms with E-state index >= 15 is 0 Å². The van der Waals surface area contributed by atoms with Crippen molar-refractivity contribution in [2.45, 2.75) is 17.5 Å². The predicted octanol–water partition coefficient (Wildman–Crippen LogP) is 3.42. The second-order valence-corrected chi connectivity index (χ2v) is 8.19. The molecule has 0 N–H and O–H groups in total. The molecule has 1 aliphatic heterocycles. The minimum Gasteiger partial charge on any atom is -0.410 e. The number of piperazine rings is 1. The van der Waals surface area contributed by atoms with E-state index in [-0.39, 0.29) is 6.09 Å². The largest absolute Gasteiger partial charge is 0.415 e. The van der Waals surface area contributed by atoms with Gasteiger partial charge in [0.15, 0.2) is 5.16 Å². The zero-order valence-corrected chi connectivity index (χ0v) is 17.8. The summed E-state index contributed by atoms with van der Waals surface area (Å²) in [6, 6.07) is 11.7. The van der Waals surface area contributed by atoms with Gasteiger partial charge in [-0.2, -0.15) is 0 Å². The van der Waals surface area contributed by atoms with Gasteiger partial charge < -0.3 is 14.2 Å². The molecule has 3 aromatic rings. The average molecular weight is 424 g/mol. The van der Waals surface area contributed by atoms with Crippen molar-refractivity contribution in [3.05, 3.63) is 72.3 Å². The highest BCUT2D eigenvalue weighted by molar-refractivity contribution is 7.98. The summed E-state index contributed by atoms with van der Waals surface area (Å²) in [7, 11) is 1.98. The zero-order valence-electron chi connectivity index (χ0n) is 17.0. The van der Waals surface area contributed by atoms with E-state index in [9.17, 15) is 4.79 Å². The molecule has 0 saturated carbocycles. The molecule has 8 heteroatoms. The lowest BCUT2D eigenvalue weighted by atomic mass is 10.2. The van der Waals surface area contributed by atoms with Gasteiger partial charge in [-0.15, -0.1) is 0 Å². The number of carbonyl (C=O) groups is 1. The fourth-order valence-electron chi connectivity index (χ4n) is 3.30. The quantitative estimate of drug-likeness (QED) is 0.566. The second-order valence-electron chi connectivity index (χ2n) is 7.25. The molecule has 1 aromatic carbocycles. The van der Waals surface area contributed by atoms with Gasteiger partial charge in [-0.1, -0.05) is 30.0 Å². The number of aryl methyl sites for hydroxylation is 1. The van der Waals surface area contributed by atoms with Gasteiger partial charge in [0.25, 0.3) is 0 Å². The Morgan fingerprint density at radius 1 is 1.07 bits per heavy atom. The van der Waals surface area contributed by atoms with Gasteiger partial charge in [0.1, 0.15) is 5.75 Å². The number of rotatable bonds is 6. The lowest BCUT2D eigenvalue weighted by Crippen LogP contribution is -2.49. The molecule has 0 aliphatic carbocycles. The average Bonchev–Trinajstić information content (AvgIpc) is 3.19. The van der Waals surface area contributed by atoms with Crippen molar-refractivity contribution in [3.63, 3.8) is 0 Å². The maximum Gasteiger partial charge on any atom is 0.415 e. The van der Waals surface area contributed by atoms with E-state index in [4.69, 9.17) is 4.74 Å². The van der Waals surface area contributed by atoms with Gasteiger partial charge in [-0.25, -0.2) is 9.78 Å². The fourth-order valence-corrected chi connectivity index (χ4v) is 4.18. The Labute approximate surface area is 180 Å². The monoisotopic (exact) mass is 423 g/mol. The van der Waals surface area contributed by atoms with E-state index in [1.165, 1.54) is 5.56 Å². The maximum atomic E-state index is 12.5. The topological polar surface area (TPSA) is 63.5 Å². The summed E-state index contributed by atoms with van der Waals surface area (Å²) in [5.74, 6) is 1.39. The smallest absolute Gasteiger partial charge is 0.410 e. The van der Waals surface area contributed by atoms with Crippen LogP contribution in [-0.2, 0) is 19.3 Å². The number of aromatic nitrogens is 3. The number of pyridine rings is 1. The highest BCUT2D eigenvalue weighted by Crippen LogP contribution is 2.22. The molecule has 2 aromatic heterocycles.